The number of hydrogen-bond acceptors (Lipinski definition) is 3. The summed E-state index contributed by atoms with van der Waals surface area (Å²) in [6.45, 7) is 6.38. The molecule has 0 aliphatic carbocycles. The minimum atomic E-state index is 1.06. The SMILES string of the molecule is CCc1ccc(-n2c(C)cc(/C=N\n3cnnc3)c2C)cc1. The molecule has 2 heterocycles. The number of hydrogen-bond donors (Lipinski definition) is 0. The largest absolute Gasteiger partial charge is 0.318 e. The highest BCUT2D eigenvalue weighted by Gasteiger charge is 2.09. The molecule has 3 aromatic rings. The molecule has 0 radical (unpaired) electrons. The Morgan fingerprint density at radius 2 is 1.77 bits per heavy atom. The fraction of sp³-hybridized carbons (Fsp3) is 0.235. The minimum absolute atomic E-state index is 1.06. The maximum Gasteiger partial charge on any atom is 0.141 e. The quantitative estimate of drug-likeness (QED) is 0.694. The van der Waals surface area contributed by atoms with Gasteiger partial charge in [-0.05, 0) is 44.0 Å². The summed E-state index contributed by atoms with van der Waals surface area (Å²) in [6.07, 6.45) is 6.03. The van der Waals surface area contributed by atoms with Crippen LogP contribution in [0.5, 0.6) is 0 Å². The number of rotatable bonds is 4. The molecular formula is C17H19N5. The van der Waals surface area contributed by atoms with Crippen molar-refractivity contribution in [3.8, 4) is 5.69 Å². The van der Waals surface area contributed by atoms with Crippen LogP contribution in [-0.2, 0) is 6.42 Å². The van der Waals surface area contributed by atoms with Crippen LogP contribution in [0.2, 0.25) is 0 Å². The third kappa shape index (κ3) is 2.70. The highest BCUT2D eigenvalue weighted by molar-refractivity contribution is 5.82. The summed E-state index contributed by atoms with van der Waals surface area (Å²) < 4.78 is 3.83. The zero-order valence-corrected chi connectivity index (χ0v) is 13.1. The van der Waals surface area contributed by atoms with Crippen molar-refractivity contribution >= 4 is 6.21 Å². The molecule has 0 saturated carbocycles. The lowest BCUT2D eigenvalue weighted by Gasteiger charge is -2.10. The molecule has 0 spiro atoms. The molecule has 0 saturated heterocycles. The topological polar surface area (TPSA) is 48.0 Å². The molecule has 1 aromatic carbocycles. The molecule has 0 fully saturated rings. The van der Waals surface area contributed by atoms with Gasteiger partial charge in [0.15, 0.2) is 0 Å². The molecule has 0 aliphatic rings. The molecule has 112 valence electrons. The summed E-state index contributed by atoms with van der Waals surface area (Å²) in [5, 5.41) is 11.8. The summed E-state index contributed by atoms with van der Waals surface area (Å²) in [6, 6.07) is 10.8. The molecule has 3 rings (SSSR count). The van der Waals surface area contributed by atoms with E-state index in [0.717, 1.165) is 12.0 Å². The lowest BCUT2D eigenvalue weighted by molar-refractivity contribution is 0.877. The summed E-state index contributed by atoms with van der Waals surface area (Å²) in [5.74, 6) is 0. The van der Waals surface area contributed by atoms with Gasteiger partial charge in [-0.25, -0.2) is 4.68 Å². The lowest BCUT2D eigenvalue weighted by atomic mass is 10.1. The first kappa shape index (κ1) is 14.3. The summed E-state index contributed by atoms with van der Waals surface area (Å²) in [4.78, 5) is 0. The molecule has 0 unspecified atom stereocenters. The maximum absolute atomic E-state index is 4.33. The van der Waals surface area contributed by atoms with Crippen LogP contribution < -0.4 is 0 Å². The Morgan fingerprint density at radius 3 is 2.41 bits per heavy atom. The van der Waals surface area contributed by atoms with Crippen LogP contribution in [0.3, 0.4) is 0 Å². The first-order valence-corrected chi connectivity index (χ1v) is 7.36. The molecule has 0 atom stereocenters. The van der Waals surface area contributed by atoms with Crippen molar-refractivity contribution in [2.45, 2.75) is 27.2 Å². The van der Waals surface area contributed by atoms with Crippen molar-refractivity contribution in [2.75, 3.05) is 0 Å². The van der Waals surface area contributed by atoms with Crippen LogP contribution in [0.4, 0.5) is 0 Å². The van der Waals surface area contributed by atoms with Gasteiger partial charge in [0.05, 0.1) is 6.21 Å². The Morgan fingerprint density at radius 1 is 1.09 bits per heavy atom. The monoisotopic (exact) mass is 293 g/mol. The number of aromatic nitrogens is 4. The molecule has 22 heavy (non-hydrogen) atoms. The lowest BCUT2D eigenvalue weighted by Crippen LogP contribution is -2.00. The van der Waals surface area contributed by atoms with Gasteiger partial charge in [0.2, 0.25) is 0 Å². The minimum Gasteiger partial charge on any atom is -0.318 e. The smallest absolute Gasteiger partial charge is 0.141 e. The standard InChI is InChI=1S/C17H19N5/c1-4-15-5-7-17(8-6-15)22-13(2)9-16(14(22)3)10-20-21-11-18-19-12-21/h5-12H,4H2,1-3H3/b20-10-. The number of nitrogens with zero attached hydrogens (tertiary/aromatic N) is 5. The van der Waals surface area contributed by atoms with Gasteiger partial charge < -0.3 is 4.57 Å². The van der Waals surface area contributed by atoms with Crippen molar-refractivity contribution in [1.29, 1.82) is 0 Å². The third-order valence-corrected chi connectivity index (χ3v) is 3.81. The third-order valence-electron chi connectivity index (χ3n) is 3.81. The second kappa shape index (κ2) is 5.97. The van der Waals surface area contributed by atoms with Gasteiger partial charge in [-0.1, -0.05) is 19.1 Å². The zero-order valence-electron chi connectivity index (χ0n) is 13.1. The summed E-state index contributed by atoms with van der Waals surface area (Å²) in [5.41, 5.74) is 5.97. The van der Waals surface area contributed by atoms with Crippen LogP contribution in [0.15, 0.2) is 48.1 Å². The Kier molecular flexibility index (Phi) is 3.87. The van der Waals surface area contributed by atoms with E-state index in [1.807, 2.05) is 6.21 Å². The van der Waals surface area contributed by atoms with Gasteiger partial charge in [-0.2, -0.15) is 5.10 Å². The second-order valence-corrected chi connectivity index (χ2v) is 5.27. The van der Waals surface area contributed by atoms with Crippen molar-refractivity contribution in [2.24, 2.45) is 5.10 Å². The van der Waals surface area contributed by atoms with Crippen molar-refractivity contribution in [3.63, 3.8) is 0 Å². The van der Waals surface area contributed by atoms with E-state index in [0.29, 0.717) is 0 Å². The molecule has 0 aliphatic heterocycles. The van der Waals surface area contributed by atoms with E-state index >= 15 is 0 Å². The summed E-state index contributed by atoms with van der Waals surface area (Å²) in [7, 11) is 0. The van der Waals surface area contributed by atoms with E-state index in [-0.39, 0.29) is 0 Å². The molecule has 5 nitrogen and oxygen atoms in total. The highest BCUT2D eigenvalue weighted by Crippen LogP contribution is 2.20. The molecule has 5 heteroatoms. The molecule has 0 N–H and O–H groups in total. The van der Waals surface area contributed by atoms with Crippen LogP contribution in [0, 0.1) is 13.8 Å². The average Bonchev–Trinajstić information content (AvgIpc) is 3.14. The van der Waals surface area contributed by atoms with E-state index in [1.165, 1.54) is 22.6 Å². The van der Waals surface area contributed by atoms with E-state index < -0.39 is 0 Å². The van der Waals surface area contributed by atoms with E-state index in [4.69, 9.17) is 0 Å². The second-order valence-electron chi connectivity index (χ2n) is 5.27. The van der Waals surface area contributed by atoms with Crippen molar-refractivity contribution < 1.29 is 0 Å². The predicted octanol–water partition coefficient (Wildman–Crippen LogP) is 3.13. The Balaban J connectivity index is 1.95. The maximum atomic E-state index is 4.33. The zero-order chi connectivity index (χ0) is 15.5. The van der Waals surface area contributed by atoms with Gasteiger partial charge in [-0.3, -0.25) is 0 Å². The van der Waals surface area contributed by atoms with Gasteiger partial charge in [0, 0.05) is 22.6 Å². The Hall–Kier alpha value is -2.69. The Bertz CT molecular complexity index is 779. The van der Waals surface area contributed by atoms with Crippen LogP contribution >= 0.6 is 0 Å². The van der Waals surface area contributed by atoms with Crippen molar-refractivity contribution in [3.05, 3.63) is 65.5 Å². The van der Waals surface area contributed by atoms with E-state index in [9.17, 15) is 0 Å². The molecule has 0 bridgehead atoms. The van der Waals surface area contributed by atoms with Gasteiger partial charge >= 0.3 is 0 Å². The van der Waals surface area contributed by atoms with Crippen LogP contribution in [0.25, 0.3) is 5.69 Å². The van der Waals surface area contributed by atoms with Gasteiger partial charge in [0.25, 0.3) is 0 Å². The first-order valence-electron chi connectivity index (χ1n) is 7.36. The molecule has 0 amide bonds. The summed E-state index contributed by atoms with van der Waals surface area (Å²) >= 11 is 0. The van der Waals surface area contributed by atoms with Crippen LogP contribution in [0.1, 0.15) is 29.4 Å². The van der Waals surface area contributed by atoms with Gasteiger partial charge in [0.1, 0.15) is 12.7 Å². The molecular weight excluding hydrogens is 274 g/mol. The number of aryl methyl sites for hydroxylation is 2. The highest BCUT2D eigenvalue weighted by atomic mass is 15.4. The van der Waals surface area contributed by atoms with E-state index in [2.05, 4.69) is 71.0 Å². The number of benzene rings is 1. The molecule has 2 aromatic heterocycles. The van der Waals surface area contributed by atoms with Crippen molar-refractivity contribution in [1.82, 2.24) is 19.4 Å². The van der Waals surface area contributed by atoms with Crippen LogP contribution in [-0.4, -0.2) is 25.7 Å². The first-order chi connectivity index (χ1) is 10.7. The normalized spacial score (nSPS) is 11.4. The Labute approximate surface area is 129 Å². The van der Waals surface area contributed by atoms with E-state index in [1.54, 1.807) is 17.3 Å². The average molecular weight is 293 g/mol. The predicted molar refractivity (Wildman–Crippen MR) is 87.6 cm³/mol. The fourth-order valence-corrected chi connectivity index (χ4v) is 2.58. The van der Waals surface area contributed by atoms with Gasteiger partial charge in [-0.15, -0.1) is 10.2 Å². The fourth-order valence-electron chi connectivity index (χ4n) is 2.58.